The van der Waals surface area contributed by atoms with Crippen LogP contribution in [0.25, 0.3) is 0 Å². The Morgan fingerprint density at radius 2 is 1.88 bits per heavy atom. The van der Waals surface area contributed by atoms with Crippen molar-refractivity contribution in [2.75, 3.05) is 19.8 Å². The minimum atomic E-state index is -4.39. The molecule has 0 aromatic heterocycles. The first-order chi connectivity index (χ1) is 12.0. The molecule has 146 valence electrons. The standard InChI is InChI=1S/C18H24F3NO4/c1-17(2,3)26-16(24)22-9-15(10-23)25-11-14(22)8-12-4-6-13(7-5-12)18(19,20)21/h4-7,14-15,23H,8-11H2,1-3H3/t14-,15+/m0/s1. The SMILES string of the molecule is CC(C)(C)OC(=O)N1C[C@H](CO)OC[C@@H]1Cc1ccc(C(F)(F)F)cc1. The highest BCUT2D eigenvalue weighted by atomic mass is 19.4. The number of amides is 1. The molecule has 0 aliphatic carbocycles. The molecule has 0 spiro atoms. The molecule has 1 aromatic carbocycles. The smallest absolute Gasteiger partial charge is 0.416 e. The van der Waals surface area contributed by atoms with E-state index in [0.29, 0.717) is 12.0 Å². The van der Waals surface area contributed by atoms with Crippen LogP contribution in [0.1, 0.15) is 31.9 Å². The lowest BCUT2D eigenvalue weighted by Gasteiger charge is -2.39. The van der Waals surface area contributed by atoms with E-state index < -0.39 is 29.5 Å². The molecule has 5 nitrogen and oxygen atoms in total. The maximum Gasteiger partial charge on any atom is 0.416 e. The van der Waals surface area contributed by atoms with Crippen LogP contribution in [0.4, 0.5) is 18.0 Å². The Morgan fingerprint density at radius 1 is 1.27 bits per heavy atom. The van der Waals surface area contributed by atoms with Gasteiger partial charge in [0.25, 0.3) is 0 Å². The third-order valence-electron chi connectivity index (χ3n) is 3.95. The van der Waals surface area contributed by atoms with E-state index in [-0.39, 0.29) is 25.8 Å². The van der Waals surface area contributed by atoms with Gasteiger partial charge in [-0.3, -0.25) is 4.90 Å². The molecule has 8 heteroatoms. The first-order valence-corrected chi connectivity index (χ1v) is 8.38. The van der Waals surface area contributed by atoms with Crippen molar-refractivity contribution in [1.82, 2.24) is 4.90 Å². The molecule has 0 bridgehead atoms. The molecule has 1 aromatic rings. The summed E-state index contributed by atoms with van der Waals surface area (Å²) >= 11 is 0. The van der Waals surface area contributed by atoms with E-state index in [1.165, 1.54) is 17.0 Å². The van der Waals surface area contributed by atoms with Gasteiger partial charge < -0.3 is 14.6 Å². The highest BCUT2D eigenvalue weighted by Crippen LogP contribution is 2.29. The normalized spacial score (nSPS) is 21.6. The number of nitrogens with zero attached hydrogens (tertiary/aromatic N) is 1. The lowest BCUT2D eigenvalue weighted by atomic mass is 10.0. The number of hydrogen-bond donors (Lipinski definition) is 1. The first-order valence-electron chi connectivity index (χ1n) is 8.38. The molecule has 1 saturated heterocycles. The van der Waals surface area contributed by atoms with Gasteiger partial charge in [0, 0.05) is 0 Å². The largest absolute Gasteiger partial charge is 0.444 e. The van der Waals surface area contributed by atoms with Gasteiger partial charge in [-0.1, -0.05) is 12.1 Å². The molecule has 2 rings (SSSR count). The van der Waals surface area contributed by atoms with Crippen LogP contribution in [0.3, 0.4) is 0 Å². The molecule has 0 unspecified atom stereocenters. The van der Waals surface area contributed by atoms with Gasteiger partial charge in [0.15, 0.2) is 0 Å². The Kier molecular flexibility index (Phi) is 6.18. The Morgan fingerprint density at radius 3 is 2.38 bits per heavy atom. The van der Waals surface area contributed by atoms with Crippen LogP contribution in [-0.2, 0) is 22.1 Å². The monoisotopic (exact) mass is 375 g/mol. The van der Waals surface area contributed by atoms with Gasteiger partial charge in [-0.15, -0.1) is 0 Å². The predicted octanol–water partition coefficient (Wildman–Crippen LogP) is 3.24. The molecule has 1 aliphatic heterocycles. The second-order valence-electron chi connectivity index (χ2n) is 7.32. The number of aliphatic hydroxyl groups excluding tert-OH is 1. The second kappa shape index (κ2) is 7.84. The van der Waals surface area contributed by atoms with E-state index in [0.717, 1.165) is 12.1 Å². The molecule has 1 aliphatic rings. The zero-order valence-corrected chi connectivity index (χ0v) is 15.0. The van der Waals surface area contributed by atoms with Crippen LogP contribution in [-0.4, -0.2) is 53.6 Å². The summed E-state index contributed by atoms with van der Waals surface area (Å²) < 4.78 is 48.9. The number of carbonyl (C=O) groups is 1. The van der Waals surface area contributed by atoms with E-state index in [4.69, 9.17) is 9.47 Å². The molecule has 26 heavy (non-hydrogen) atoms. The van der Waals surface area contributed by atoms with Gasteiger partial charge in [-0.05, 0) is 44.9 Å². The minimum absolute atomic E-state index is 0.163. The summed E-state index contributed by atoms with van der Waals surface area (Å²) in [4.78, 5) is 14.0. The number of carbonyl (C=O) groups excluding carboxylic acids is 1. The number of alkyl halides is 3. The third-order valence-corrected chi connectivity index (χ3v) is 3.95. The van der Waals surface area contributed by atoms with E-state index in [2.05, 4.69) is 0 Å². The van der Waals surface area contributed by atoms with E-state index >= 15 is 0 Å². The topological polar surface area (TPSA) is 59.0 Å². The van der Waals surface area contributed by atoms with Crippen molar-refractivity contribution in [3.05, 3.63) is 35.4 Å². The molecule has 1 heterocycles. The molecule has 0 radical (unpaired) electrons. The van der Waals surface area contributed by atoms with Crippen molar-refractivity contribution < 1.29 is 32.5 Å². The number of rotatable bonds is 3. The van der Waals surface area contributed by atoms with E-state index in [1.807, 2.05) is 0 Å². The number of morpholine rings is 1. The van der Waals surface area contributed by atoms with Crippen molar-refractivity contribution in [2.45, 2.75) is 51.1 Å². The summed E-state index contributed by atoms with van der Waals surface area (Å²) in [5.41, 5.74) is -0.740. The highest BCUT2D eigenvalue weighted by Gasteiger charge is 2.35. The van der Waals surface area contributed by atoms with Gasteiger partial charge in [0.1, 0.15) is 5.60 Å². The predicted molar refractivity (Wildman–Crippen MR) is 88.7 cm³/mol. The number of hydrogen-bond acceptors (Lipinski definition) is 4. The van der Waals surface area contributed by atoms with Crippen LogP contribution in [0.2, 0.25) is 0 Å². The average Bonchev–Trinajstić information content (AvgIpc) is 2.53. The number of halogens is 3. The van der Waals surface area contributed by atoms with Crippen LogP contribution in [0.15, 0.2) is 24.3 Å². The van der Waals surface area contributed by atoms with Crippen LogP contribution in [0.5, 0.6) is 0 Å². The van der Waals surface area contributed by atoms with Crippen LogP contribution >= 0.6 is 0 Å². The Hall–Kier alpha value is -1.80. The zero-order chi connectivity index (χ0) is 19.5. The number of benzene rings is 1. The highest BCUT2D eigenvalue weighted by molar-refractivity contribution is 5.68. The van der Waals surface area contributed by atoms with E-state index in [9.17, 15) is 23.1 Å². The minimum Gasteiger partial charge on any atom is -0.444 e. The third kappa shape index (κ3) is 5.60. The number of aliphatic hydroxyl groups is 1. The second-order valence-corrected chi connectivity index (χ2v) is 7.32. The summed E-state index contributed by atoms with van der Waals surface area (Å²) in [7, 11) is 0. The Balaban J connectivity index is 2.12. The zero-order valence-electron chi connectivity index (χ0n) is 15.0. The number of ether oxygens (including phenoxy) is 2. The van der Waals surface area contributed by atoms with Crippen molar-refractivity contribution in [2.24, 2.45) is 0 Å². The summed E-state index contributed by atoms with van der Waals surface area (Å²) in [5.74, 6) is 0. The maximum absolute atomic E-state index is 12.7. The molecule has 1 amide bonds. The van der Waals surface area contributed by atoms with Gasteiger partial charge in [-0.2, -0.15) is 13.2 Å². The van der Waals surface area contributed by atoms with Crippen molar-refractivity contribution in [3.63, 3.8) is 0 Å². The molecule has 0 saturated carbocycles. The van der Waals surface area contributed by atoms with Crippen molar-refractivity contribution in [1.29, 1.82) is 0 Å². The summed E-state index contributed by atoms with van der Waals surface area (Å²) in [6.45, 7) is 5.35. The fourth-order valence-corrected chi connectivity index (χ4v) is 2.68. The fourth-order valence-electron chi connectivity index (χ4n) is 2.68. The average molecular weight is 375 g/mol. The van der Waals surface area contributed by atoms with Gasteiger partial charge in [0.2, 0.25) is 0 Å². The van der Waals surface area contributed by atoms with Gasteiger partial charge in [-0.25, -0.2) is 4.79 Å². The Labute approximate surface area is 150 Å². The van der Waals surface area contributed by atoms with E-state index in [1.54, 1.807) is 20.8 Å². The van der Waals surface area contributed by atoms with Gasteiger partial charge in [0.05, 0.1) is 37.5 Å². The maximum atomic E-state index is 12.7. The summed E-state index contributed by atoms with van der Waals surface area (Å²) in [5, 5.41) is 9.30. The summed E-state index contributed by atoms with van der Waals surface area (Å²) in [6.07, 6.45) is -5.10. The summed E-state index contributed by atoms with van der Waals surface area (Å²) in [6, 6.07) is 4.45. The van der Waals surface area contributed by atoms with Crippen molar-refractivity contribution >= 4 is 6.09 Å². The van der Waals surface area contributed by atoms with Crippen LogP contribution < -0.4 is 0 Å². The van der Waals surface area contributed by atoms with Crippen molar-refractivity contribution in [3.8, 4) is 0 Å². The Bertz CT molecular complexity index is 610. The molecule has 2 atom stereocenters. The molecular weight excluding hydrogens is 351 g/mol. The quantitative estimate of drug-likeness (QED) is 0.881. The lowest BCUT2D eigenvalue weighted by molar-refractivity contribution is -0.137. The molecular formula is C18H24F3NO4. The van der Waals surface area contributed by atoms with Crippen LogP contribution in [0, 0.1) is 0 Å². The van der Waals surface area contributed by atoms with Gasteiger partial charge >= 0.3 is 12.3 Å². The molecule has 1 N–H and O–H groups in total. The fraction of sp³-hybridized carbons (Fsp3) is 0.611. The lowest BCUT2D eigenvalue weighted by Crippen LogP contribution is -2.55. The first kappa shape index (κ1) is 20.5. The molecule has 1 fully saturated rings.